The normalized spacial score (nSPS) is 42.3. The van der Waals surface area contributed by atoms with E-state index in [1.807, 2.05) is 4.90 Å². The second kappa shape index (κ2) is 2.63. The number of rotatable bonds is 0. The van der Waals surface area contributed by atoms with Crippen molar-refractivity contribution in [1.29, 1.82) is 0 Å². The standard InChI is InChI=1S/C12H17NO2/c1-12(2)7-3-4-8-9(14)11(15)13(6-5-7)10(8)12/h7-8,10H,3-6H2,1-2H3/t7-,8+,10-/m0/s1. The van der Waals surface area contributed by atoms with E-state index in [1.54, 1.807) is 0 Å². The van der Waals surface area contributed by atoms with Gasteiger partial charge < -0.3 is 4.90 Å². The molecule has 3 aliphatic rings. The number of piperidine rings is 1. The molecule has 2 saturated heterocycles. The summed E-state index contributed by atoms with van der Waals surface area (Å²) in [6, 6.07) is 0.199. The van der Waals surface area contributed by atoms with Gasteiger partial charge in [-0.25, -0.2) is 0 Å². The topological polar surface area (TPSA) is 37.4 Å². The van der Waals surface area contributed by atoms with E-state index in [9.17, 15) is 9.59 Å². The summed E-state index contributed by atoms with van der Waals surface area (Å²) in [6.45, 7) is 5.26. The van der Waals surface area contributed by atoms with Crippen LogP contribution in [0.25, 0.3) is 0 Å². The molecular weight excluding hydrogens is 190 g/mol. The third-order valence-electron chi connectivity index (χ3n) is 4.88. The molecule has 0 spiro atoms. The Kier molecular flexibility index (Phi) is 1.64. The lowest BCUT2D eigenvalue weighted by molar-refractivity contribution is -0.142. The zero-order valence-corrected chi connectivity index (χ0v) is 9.32. The molecule has 0 aromatic heterocycles. The van der Waals surface area contributed by atoms with Gasteiger partial charge in [0.1, 0.15) is 0 Å². The second-order valence-electron chi connectivity index (χ2n) is 5.80. The molecule has 2 bridgehead atoms. The molecule has 1 aliphatic carbocycles. The minimum atomic E-state index is -0.210. The predicted molar refractivity (Wildman–Crippen MR) is 55.1 cm³/mol. The summed E-state index contributed by atoms with van der Waals surface area (Å²) >= 11 is 0. The molecule has 0 unspecified atom stereocenters. The van der Waals surface area contributed by atoms with Crippen molar-refractivity contribution in [2.45, 2.75) is 39.2 Å². The summed E-state index contributed by atoms with van der Waals surface area (Å²) in [5, 5.41) is 0. The predicted octanol–water partition coefficient (Wildman–Crippen LogP) is 1.22. The van der Waals surface area contributed by atoms with Gasteiger partial charge in [0, 0.05) is 18.5 Å². The van der Waals surface area contributed by atoms with Crippen molar-refractivity contribution in [1.82, 2.24) is 4.90 Å². The van der Waals surface area contributed by atoms with Crippen LogP contribution in [0.5, 0.6) is 0 Å². The van der Waals surface area contributed by atoms with Crippen molar-refractivity contribution in [2.75, 3.05) is 6.54 Å². The van der Waals surface area contributed by atoms with E-state index in [0.29, 0.717) is 5.92 Å². The first-order valence-corrected chi connectivity index (χ1v) is 5.88. The van der Waals surface area contributed by atoms with E-state index < -0.39 is 0 Å². The first-order chi connectivity index (χ1) is 7.03. The second-order valence-corrected chi connectivity index (χ2v) is 5.80. The molecule has 3 rings (SSSR count). The molecule has 3 nitrogen and oxygen atoms in total. The van der Waals surface area contributed by atoms with Crippen molar-refractivity contribution in [2.24, 2.45) is 17.3 Å². The number of carbonyl (C=O) groups excluding carboxylic acids is 2. The van der Waals surface area contributed by atoms with Gasteiger partial charge in [0.2, 0.25) is 5.78 Å². The van der Waals surface area contributed by atoms with E-state index in [-0.39, 0.29) is 29.1 Å². The third kappa shape index (κ3) is 0.963. The molecule has 3 atom stereocenters. The average molecular weight is 207 g/mol. The highest BCUT2D eigenvalue weighted by Gasteiger charge is 2.59. The molecular formula is C12H17NO2. The fourth-order valence-corrected chi connectivity index (χ4v) is 4.04. The maximum Gasteiger partial charge on any atom is 0.290 e. The van der Waals surface area contributed by atoms with Gasteiger partial charge in [0.05, 0.1) is 0 Å². The average Bonchev–Trinajstić information content (AvgIpc) is 2.40. The van der Waals surface area contributed by atoms with E-state index in [2.05, 4.69) is 13.8 Å². The third-order valence-corrected chi connectivity index (χ3v) is 4.88. The molecule has 15 heavy (non-hydrogen) atoms. The van der Waals surface area contributed by atoms with Crippen molar-refractivity contribution in [3.8, 4) is 0 Å². The Bertz CT molecular complexity index is 322. The highest BCUT2D eigenvalue weighted by molar-refractivity contribution is 6.39. The summed E-state index contributed by atoms with van der Waals surface area (Å²) in [5.41, 5.74) is 0.142. The van der Waals surface area contributed by atoms with Crippen LogP contribution in [0.1, 0.15) is 33.1 Å². The maximum atomic E-state index is 11.8. The Morgan fingerprint density at radius 1 is 1.20 bits per heavy atom. The van der Waals surface area contributed by atoms with Crippen LogP contribution in [0.2, 0.25) is 0 Å². The summed E-state index contributed by atoms with van der Waals surface area (Å²) in [6.07, 6.45) is 3.14. The molecule has 2 aliphatic heterocycles. The Hall–Kier alpha value is -0.860. The van der Waals surface area contributed by atoms with Crippen molar-refractivity contribution >= 4 is 11.7 Å². The lowest BCUT2D eigenvalue weighted by Crippen LogP contribution is -2.56. The highest BCUT2D eigenvalue weighted by atomic mass is 16.2. The lowest BCUT2D eigenvalue weighted by atomic mass is 9.59. The van der Waals surface area contributed by atoms with Crippen LogP contribution in [-0.4, -0.2) is 29.2 Å². The zero-order valence-electron chi connectivity index (χ0n) is 9.32. The number of Topliss-reactive ketones (excluding diaryl/α,β-unsaturated/α-hetero) is 1. The largest absolute Gasteiger partial charge is 0.332 e. The molecule has 3 fully saturated rings. The van der Waals surface area contributed by atoms with E-state index in [0.717, 1.165) is 25.8 Å². The van der Waals surface area contributed by atoms with Gasteiger partial charge >= 0.3 is 0 Å². The van der Waals surface area contributed by atoms with Gasteiger partial charge in [-0.1, -0.05) is 13.8 Å². The van der Waals surface area contributed by atoms with Crippen molar-refractivity contribution < 1.29 is 9.59 Å². The summed E-state index contributed by atoms with van der Waals surface area (Å²) < 4.78 is 0. The van der Waals surface area contributed by atoms with Crippen molar-refractivity contribution in [3.05, 3.63) is 0 Å². The van der Waals surface area contributed by atoms with E-state index in [1.165, 1.54) is 0 Å². The van der Waals surface area contributed by atoms with E-state index in [4.69, 9.17) is 0 Å². The number of hydrogen-bond acceptors (Lipinski definition) is 2. The van der Waals surface area contributed by atoms with Crippen LogP contribution >= 0.6 is 0 Å². The fraction of sp³-hybridized carbons (Fsp3) is 0.833. The van der Waals surface area contributed by atoms with Crippen LogP contribution in [0.15, 0.2) is 0 Å². The number of nitrogens with zero attached hydrogens (tertiary/aromatic N) is 1. The van der Waals surface area contributed by atoms with Crippen LogP contribution in [0.4, 0.5) is 0 Å². The SMILES string of the molecule is CC1(C)[C@H]2CC[C@@H]3C(=O)C(=O)N(CC2)[C@@H]31. The quantitative estimate of drug-likeness (QED) is 0.560. The molecule has 0 aromatic rings. The number of amides is 1. The Labute approximate surface area is 89.8 Å². The van der Waals surface area contributed by atoms with Gasteiger partial charge in [-0.2, -0.15) is 0 Å². The van der Waals surface area contributed by atoms with Gasteiger partial charge in [0.15, 0.2) is 0 Å². The highest BCUT2D eigenvalue weighted by Crippen LogP contribution is 2.53. The minimum Gasteiger partial charge on any atom is -0.332 e. The molecule has 1 saturated carbocycles. The fourth-order valence-electron chi connectivity index (χ4n) is 4.04. The summed E-state index contributed by atoms with van der Waals surface area (Å²) in [4.78, 5) is 25.5. The molecule has 1 amide bonds. The molecule has 3 heteroatoms. The molecule has 0 aromatic carbocycles. The van der Waals surface area contributed by atoms with Gasteiger partial charge in [-0.15, -0.1) is 0 Å². The Morgan fingerprint density at radius 3 is 2.67 bits per heavy atom. The smallest absolute Gasteiger partial charge is 0.290 e. The number of carbonyl (C=O) groups is 2. The zero-order chi connectivity index (χ0) is 10.8. The first-order valence-electron chi connectivity index (χ1n) is 5.88. The monoisotopic (exact) mass is 207 g/mol. The van der Waals surface area contributed by atoms with Gasteiger partial charge in [0.25, 0.3) is 5.91 Å². The summed E-state index contributed by atoms with van der Waals surface area (Å²) in [7, 11) is 0. The number of hydrogen-bond donors (Lipinski definition) is 0. The molecule has 0 radical (unpaired) electrons. The van der Waals surface area contributed by atoms with Crippen LogP contribution < -0.4 is 0 Å². The molecule has 0 N–H and O–H groups in total. The van der Waals surface area contributed by atoms with Gasteiger partial charge in [-0.3, -0.25) is 9.59 Å². The molecule has 82 valence electrons. The van der Waals surface area contributed by atoms with E-state index >= 15 is 0 Å². The number of ketones is 1. The summed E-state index contributed by atoms with van der Waals surface area (Å²) in [5.74, 6) is 0.379. The van der Waals surface area contributed by atoms with Crippen LogP contribution in [0, 0.1) is 17.3 Å². The molecule has 2 heterocycles. The lowest BCUT2D eigenvalue weighted by Gasteiger charge is -2.53. The maximum absolute atomic E-state index is 11.8. The van der Waals surface area contributed by atoms with Crippen molar-refractivity contribution in [3.63, 3.8) is 0 Å². The van der Waals surface area contributed by atoms with Crippen LogP contribution in [-0.2, 0) is 9.59 Å². The van der Waals surface area contributed by atoms with Crippen LogP contribution in [0.3, 0.4) is 0 Å². The Balaban J connectivity index is 2.09. The Morgan fingerprint density at radius 2 is 1.93 bits per heavy atom. The number of fused-ring (bicyclic) bond motifs is 1. The van der Waals surface area contributed by atoms with Gasteiger partial charge in [-0.05, 0) is 30.6 Å². The first kappa shape index (κ1) is 9.37. The minimum absolute atomic E-state index is 0.00375.